The first kappa shape index (κ1) is 15.6. The molecule has 1 aliphatic rings. The van der Waals surface area contributed by atoms with Crippen LogP contribution in [0, 0.1) is 5.92 Å². The molecule has 0 radical (unpaired) electrons. The summed E-state index contributed by atoms with van der Waals surface area (Å²) in [7, 11) is 0. The molecular formula is C17H18N2O3S. The number of fused-ring (bicyclic) bond motifs is 1. The van der Waals surface area contributed by atoms with Gasteiger partial charge in [0.15, 0.2) is 0 Å². The number of rotatable bonds is 2. The standard InChI is InChI=1S/C17H18N2O3S/c1-10-6-7-14-11(8-10)9-15(23-14)17(22)19-18-16(21)12-4-2-3-5-13(12)20/h2-5,9-10,20H,6-8H2,1H3,(H,18,21)(H,19,22). The van der Waals surface area contributed by atoms with Crippen LogP contribution < -0.4 is 10.9 Å². The van der Waals surface area contributed by atoms with Gasteiger partial charge in [-0.2, -0.15) is 0 Å². The van der Waals surface area contributed by atoms with Gasteiger partial charge in [-0.1, -0.05) is 19.1 Å². The van der Waals surface area contributed by atoms with Gasteiger partial charge < -0.3 is 5.11 Å². The highest BCUT2D eigenvalue weighted by atomic mass is 32.1. The molecule has 3 N–H and O–H groups in total. The third-order valence-corrected chi connectivity index (χ3v) is 5.23. The summed E-state index contributed by atoms with van der Waals surface area (Å²) in [5, 5.41) is 9.63. The Hall–Kier alpha value is -2.34. The fourth-order valence-electron chi connectivity index (χ4n) is 2.73. The third-order valence-electron chi connectivity index (χ3n) is 3.99. The predicted octanol–water partition coefficient (Wildman–Crippen LogP) is 2.65. The molecule has 120 valence electrons. The Morgan fingerprint density at radius 3 is 2.74 bits per heavy atom. The molecule has 1 aromatic heterocycles. The first-order valence-corrected chi connectivity index (χ1v) is 8.36. The monoisotopic (exact) mass is 330 g/mol. The van der Waals surface area contributed by atoms with Gasteiger partial charge in [0.25, 0.3) is 11.8 Å². The molecule has 1 aromatic carbocycles. The van der Waals surface area contributed by atoms with Gasteiger partial charge in [-0.05, 0) is 48.9 Å². The number of benzene rings is 1. The van der Waals surface area contributed by atoms with E-state index in [0.29, 0.717) is 10.8 Å². The zero-order valence-corrected chi connectivity index (χ0v) is 13.6. The van der Waals surface area contributed by atoms with Gasteiger partial charge in [-0.25, -0.2) is 0 Å². The van der Waals surface area contributed by atoms with Crippen LogP contribution in [-0.4, -0.2) is 16.9 Å². The van der Waals surface area contributed by atoms with Crippen molar-refractivity contribution in [1.82, 2.24) is 10.9 Å². The minimum absolute atomic E-state index is 0.118. The van der Waals surface area contributed by atoms with E-state index in [1.165, 1.54) is 33.9 Å². The summed E-state index contributed by atoms with van der Waals surface area (Å²) in [6, 6.07) is 8.09. The van der Waals surface area contributed by atoms with E-state index in [1.807, 2.05) is 6.07 Å². The summed E-state index contributed by atoms with van der Waals surface area (Å²) in [5.41, 5.74) is 6.10. The van der Waals surface area contributed by atoms with Crippen LogP contribution >= 0.6 is 11.3 Å². The molecule has 0 spiro atoms. The number of thiophene rings is 1. The highest BCUT2D eigenvalue weighted by Gasteiger charge is 2.21. The summed E-state index contributed by atoms with van der Waals surface area (Å²) in [5.74, 6) is -0.360. The number of amides is 2. The normalized spacial score (nSPS) is 16.5. The quantitative estimate of drug-likeness (QED) is 0.741. The lowest BCUT2D eigenvalue weighted by Gasteiger charge is -2.16. The Morgan fingerprint density at radius 1 is 1.22 bits per heavy atom. The Bertz CT molecular complexity index is 754. The minimum atomic E-state index is -0.550. The summed E-state index contributed by atoms with van der Waals surface area (Å²) in [6.07, 6.45) is 3.17. The Labute approximate surface area is 138 Å². The SMILES string of the molecule is CC1CCc2sc(C(=O)NNC(=O)c3ccccc3O)cc2C1. The van der Waals surface area contributed by atoms with E-state index in [1.54, 1.807) is 12.1 Å². The molecule has 2 aromatic rings. The number of carbonyl (C=O) groups excluding carboxylic acids is 2. The molecule has 23 heavy (non-hydrogen) atoms. The Kier molecular flexibility index (Phi) is 4.34. The maximum atomic E-state index is 12.2. The summed E-state index contributed by atoms with van der Waals surface area (Å²) in [4.78, 5) is 26.0. The van der Waals surface area contributed by atoms with Crippen molar-refractivity contribution in [3.05, 3.63) is 51.2 Å². The molecule has 0 saturated carbocycles. The minimum Gasteiger partial charge on any atom is -0.507 e. The lowest BCUT2D eigenvalue weighted by molar-refractivity contribution is 0.0847. The van der Waals surface area contributed by atoms with Crippen molar-refractivity contribution in [3.63, 3.8) is 0 Å². The number of aryl methyl sites for hydroxylation is 1. The van der Waals surface area contributed by atoms with Gasteiger partial charge in [0, 0.05) is 4.88 Å². The van der Waals surface area contributed by atoms with Crippen LogP contribution in [0.15, 0.2) is 30.3 Å². The van der Waals surface area contributed by atoms with E-state index in [4.69, 9.17) is 0 Å². The van der Waals surface area contributed by atoms with E-state index in [-0.39, 0.29) is 17.2 Å². The second-order valence-corrected chi connectivity index (χ2v) is 6.97. The third kappa shape index (κ3) is 3.37. The molecule has 6 heteroatoms. The highest BCUT2D eigenvalue weighted by Crippen LogP contribution is 2.32. The van der Waals surface area contributed by atoms with Crippen molar-refractivity contribution in [2.75, 3.05) is 0 Å². The molecule has 1 heterocycles. The fraction of sp³-hybridized carbons (Fsp3) is 0.294. The number of carbonyl (C=O) groups is 2. The van der Waals surface area contributed by atoms with Crippen LogP contribution in [0.25, 0.3) is 0 Å². The molecule has 3 rings (SSSR count). The zero-order valence-electron chi connectivity index (χ0n) is 12.8. The molecule has 1 aliphatic carbocycles. The summed E-state index contributed by atoms with van der Waals surface area (Å²) >= 11 is 1.48. The number of phenolic OH excluding ortho intramolecular Hbond substituents is 1. The molecule has 1 unspecified atom stereocenters. The van der Waals surface area contributed by atoms with Crippen molar-refractivity contribution < 1.29 is 14.7 Å². The highest BCUT2D eigenvalue weighted by molar-refractivity contribution is 7.14. The number of nitrogens with one attached hydrogen (secondary N) is 2. The van der Waals surface area contributed by atoms with Gasteiger partial charge in [0.2, 0.25) is 0 Å². The maximum Gasteiger partial charge on any atom is 0.279 e. The van der Waals surface area contributed by atoms with Gasteiger partial charge in [0.1, 0.15) is 5.75 Å². The van der Waals surface area contributed by atoms with Crippen molar-refractivity contribution in [3.8, 4) is 5.75 Å². The number of hydrogen-bond donors (Lipinski definition) is 3. The van der Waals surface area contributed by atoms with Gasteiger partial charge in [-0.3, -0.25) is 20.4 Å². The average molecular weight is 330 g/mol. The van der Waals surface area contributed by atoms with Crippen LogP contribution in [-0.2, 0) is 12.8 Å². The predicted molar refractivity (Wildman–Crippen MR) is 88.5 cm³/mol. The Morgan fingerprint density at radius 2 is 1.96 bits per heavy atom. The first-order valence-electron chi connectivity index (χ1n) is 7.55. The Balaban J connectivity index is 1.64. The van der Waals surface area contributed by atoms with Crippen LogP contribution in [0.2, 0.25) is 0 Å². The number of phenols is 1. The first-order chi connectivity index (χ1) is 11.0. The lowest BCUT2D eigenvalue weighted by Crippen LogP contribution is -2.41. The second-order valence-electron chi connectivity index (χ2n) is 5.83. The van der Waals surface area contributed by atoms with E-state index < -0.39 is 5.91 Å². The second kappa shape index (κ2) is 6.42. The van der Waals surface area contributed by atoms with Gasteiger partial charge >= 0.3 is 0 Å². The number of hydrazine groups is 1. The van der Waals surface area contributed by atoms with E-state index in [2.05, 4.69) is 17.8 Å². The van der Waals surface area contributed by atoms with Crippen LogP contribution in [0.4, 0.5) is 0 Å². The molecule has 5 nitrogen and oxygen atoms in total. The van der Waals surface area contributed by atoms with Crippen molar-refractivity contribution in [2.45, 2.75) is 26.2 Å². The fourth-order valence-corrected chi connectivity index (χ4v) is 3.83. The van der Waals surface area contributed by atoms with Gasteiger partial charge in [0.05, 0.1) is 10.4 Å². The molecule has 2 amide bonds. The number of hydrogen-bond acceptors (Lipinski definition) is 4. The van der Waals surface area contributed by atoms with Crippen LogP contribution in [0.1, 0.15) is 43.8 Å². The van der Waals surface area contributed by atoms with E-state index in [0.717, 1.165) is 19.3 Å². The molecule has 0 bridgehead atoms. The average Bonchev–Trinajstić information content (AvgIpc) is 2.95. The molecule has 0 aliphatic heterocycles. The molecular weight excluding hydrogens is 312 g/mol. The lowest BCUT2D eigenvalue weighted by atomic mass is 9.90. The topological polar surface area (TPSA) is 78.4 Å². The summed E-state index contributed by atoms with van der Waals surface area (Å²) < 4.78 is 0. The van der Waals surface area contributed by atoms with Crippen LogP contribution in [0.5, 0.6) is 5.75 Å². The molecule has 0 fully saturated rings. The number of aromatic hydroxyl groups is 1. The summed E-state index contributed by atoms with van der Waals surface area (Å²) in [6.45, 7) is 2.22. The maximum absolute atomic E-state index is 12.2. The zero-order chi connectivity index (χ0) is 16.4. The van der Waals surface area contributed by atoms with E-state index in [9.17, 15) is 14.7 Å². The molecule has 1 atom stereocenters. The number of para-hydroxylation sites is 1. The largest absolute Gasteiger partial charge is 0.507 e. The van der Waals surface area contributed by atoms with E-state index >= 15 is 0 Å². The van der Waals surface area contributed by atoms with Crippen molar-refractivity contribution in [1.29, 1.82) is 0 Å². The van der Waals surface area contributed by atoms with Crippen molar-refractivity contribution in [2.24, 2.45) is 5.92 Å². The molecule has 0 saturated heterocycles. The smallest absolute Gasteiger partial charge is 0.279 e. The van der Waals surface area contributed by atoms with Crippen LogP contribution in [0.3, 0.4) is 0 Å². The van der Waals surface area contributed by atoms with Gasteiger partial charge in [-0.15, -0.1) is 11.3 Å². The van der Waals surface area contributed by atoms with Crippen molar-refractivity contribution >= 4 is 23.2 Å².